The number of hydrogen-bond donors (Lipinski definition) is 1. The van der Waals surface area contributed by atoms with Gasteiger partial charge >= 0.3 is 5.97 Å². The van der Waals surface area contributed by atoms with Crippen LogP contribution in [0.2, 0.25) is 0 Å². The number of nitrogens with one attached hydrogen (secondary N) is 1. The number of rotatable bonds is 5. The van der Waals surface area contributed by atoms with Crippen molar-refractivity contribution >= 4 is 29.2 Å². The number of ether oxygens (including phenoxy) is 1. The van der Waals surface area contributed by atoms with E-state index in [0.717, 1.165) is 16.8 Å². The van der Waals surface area contributed by atoms with Crippen molar-refractivity contribution in [3.05, 3.63) is 59.4 Å². The number of amides is 2. The summed E-state index contributed by atoms with van der Waals surface area (Å²) in [4.78, 5) is 38.1. The van der Waals surface area contributed by atoms with Gasteiger partial charge in [-0.1, -0.05) is 17.7 Å². The fourth-order valence-electron chi connectivity index (χ4n) is 3.19. The summed E-state index contributed by atoms with van der Waals surface area (Å²) in [5.74, 6) is -2.30. The molecule has 0 spiro atoms. The van der Waals surface area contributed by atoms with Crippen molar-refractivity contribution in [2.45, 2.75) is 20.3 Å². The van der Waals surface area contributed by atoms with Crippen LogP contribution in [0.25, 0.3) is 0 Å². The van der Waals surface area contributed by atoms with E-state index in [1.54, 1.807) is 4.90 Å². The molecule has 1 heterocycles. The van der Waals surface area contributed by atoms with E-state index in [2.05, 4.69) is 5.32 Å². The van der Waals surface area contributed by atoms with Crippen LogP contribution in [-0.2, 0) is 19.1 Å². The highest BCUT2D eigenvalue weighted by Crippen LogP contribution is 2.29. The Morgan fingerprint density at radius 2 is 1.89 bits per heavy atom. The lowest BCUT2D eigenvalue weighted by Crippen LogP contribution is -2.28. The number of benzene rings is 2. The zero-order valence-corrected chi connectivity index (χ0v) is 15.7. The van der Waals surface area contributed by atoms with Gasteiger partial charge in [0.05, 0.1) is 5.92 Å². The second kappa shape index (κ2) is 8.21. The zero-order valence-electron chi connectivity index (χ0n) is 15.7. The van der Waals surface area contributed by atoms with E-state index in [9.17, 15) is 18.8 Å². The van der Waals surface area contributed by atoms with Crippen LogP contribution in [0.1, 0.15) is 17.5 Å². The maximum atomic E-state index is 12.9. The highest BCUT2D eigenvalue weighted by Gasteiger charge is 2.36. The second-order valence-electron chi connectivity index (χ2n) is 6.86. The molecule has 1 aliphatic rings. The molecule has 0 bridgehead atoms. The average molecular weight is 384 g/mol. The Morgan fingerprint density at radius 3 is 2.57 bits per heavy atom. The Hall–Kier alpha value is -3.22. The molecule has 0 saturated carbocycles. The minimum Gasteiger partial charge on any atom is -0.455 e. The molecule has 28 heavy (non-hydrogen) atoms. The largest absolute Gasteiger partial charge is 0.455 e. The minimum atomic E-state index is -0.619. The standard InChI is InChI=1S/C21H21FN2O4/c1-13-3-8-18(14(2)9-13)24-11-15(10-20(24)26)21(27)28-12-19(25)23-17-6-4-16(22)5-7-17/h3-9,15H,10-12H2,1-2H3,(H,23,25)/t15-/m1/s1. The molecule has 2 aromatic rings. The number of carbonyl (C=O) groups excluding carboxylic acids is 3. The highest BCUT2D eigenvalue weighted by molar-refractivity contribution is 6.00. The van der Waals surface area contributed by atoms with Crippen molar-refractivity contribution < 1.29 is 23.5 Å². The van der Waals surface area contributed by atoms with Crippen LogP contribution in [0.5, 0.6) is 0 Å². The van der Waals surface area contributed by atoms with Crippen molar-refractivity contribution in [2.24, 2.45) is 5.92 Å². The molecule has 0 aromatic heterocycles. The number of carbonyl (C=O) groups is 3. The summed E-state index contributed by atoms with van der Waals surface area (Å²) in [5, 5.41) is 2.51. The van der Waals surface area contributed by atoms with Crippen molar-refractivity contribution in [1.29, 1.82) is 0 Å². The van der Waals surface area contributed by atoms with Gasteiger partial charge in [0.1, 0.15) is 5.82 Å². The van der Waals surface area contributed by atoms with Gasteiger partial charge in [-0.25, -0.2) is 4.39 Å². The molecule has 1 fully saturated rings. The number of anilines is 2. The topological polar surface area (TPSA) is 75.7 Å². The summed E-state index contributed by atoms with van der Waals surface area (Å²) in [5.41, 5.74) is 3.23. The molecule has 0 unspecified atom stereocenters. The van der Waals surface area contributed by atoms with Gasteiger partial charge < -0.3 is 15.0 Å². The summed E-state index contributed by atoms with van der Waals surface area (Å²) in [6, 6.07) is 11.0. The lowest BCUT2D eigenvalue weighted by Gasteiger charge is -2.19. The number of hydrogen-bond acceptors (Lipinski definition) is 4. The van der Waals surface area contributed by atoms with Gasteiger partial charge in [0.2, 0.25) is 5.91 Å². The molecule has 6 nitrogen and oxygen atoms in total. The Bertz CT molecular complexity index is 911. The average Bonchev–Trinajstić information content (AvgIpc) is 3.03. The number of nitrogens with zero attached hydrogens (tertiary/aromatic N) is 1. The van der Waals surface area contributed by atoms with E-state index in [-0.39, 0.29) is 18.9 Å². The van der Waals surface area contributed by atoms with Crippen LogP contribution >= 0.6 is 0 Å². The van der Waals surface area contributed by atoms with Crippen LogP contribution in [0.4, 0.5) is 15.8 Å². The number of esters is 1. The van der Waals surface area contributed by atoms with E-state index < -0.39 is 30.2 Å². The van der Waals surface area contributed by atoms with Crippen molar-refractivity contribution in [3.63, 3.8) is 0 Å². The molecule has 0 radical (unpaired) electrons. The maximum Gasteiger partial charge on any atom is 0.311 e. The minimum absolute atomic E-state index is 0.0474. The Morgan fingerprint density at radius 1 is 1.18 bits per heavy atom. The van der Waals surface area contributed by atoms with Crippen LogP contribution in [0.3, 0.4) is 0 Å². The first kappa shape index (κ1) is 19.5. The molecule has 3 rings (SSSR count). The summed E-state index contributed by atoms with van der Waals surface area (Å²) in [6.07, 6.45) is 0.0474. The van der Waals surface area contributed by atoms with E-state index in [1.165, 1.54) is 24.3 Å². The van der Waals surface area contributed by atoms with Crippen LogP contribution in [0.15, 0.2) is 42.5 Å². The van der Waals surface area contributed by atoms with Crippen molar-refractivity contribution in [1.82, 2.24) is 0 Å². The number of aryl methyl sites for hydroxylation is 2. The SMILES string of the molecule is Cc1ccc(N2C[C@H](C(=O)OCC(=O)Nc3ccc(F)cc3)CC2=O)c(C)c1. The molecule has 146 valence electrons. The van der Waals surface area contributed by atoms with Crippen LogP contribution in [0, 0.1) is 25.6 Å². The van der Waals surface area contributed by atoms with E-state index >= 15 is 0 Å². The molecule has 1 atom stereocenters. The van der Waals surface area contributed by atoms with Crippen molar-refractivity contribution in [2.75, 3.05) is 23.4 Å². The summed E-state index contributed by atoms with van der Waals surface area (Å²) >= 11 is 0. The first-order valence-electron chi connectivity index (χ1n) is 8.93. The van der Waals surface area contributed by atoms with Gasteiger partial charge in [0, 0.05) is 24.3 Å². The highest BCUT2D eigenvalue weighted by atomic mass is 19.1. The van der Waals surface area contributed by atoms with Gasteiger partial charge in [0.15, 0.2) is 6.61 Å². The van der Waals surface area contributed by atoms with Crippen LogP contribution < -0.4 is 10.2 Å². The first-order chi connectivity index (χ1) is 13.3. The predicted molar refractivity (Wildman–Crippen MR) is 102 cm³/mol. The fourth-order valence-corrected chi connectivity index (χ4v) is 3.19. The third kappa shape index (κ3) is 4.54. The molecule has 1 N–H and O–H groups in total. The third-order valence-electron chi connectivity index (χ3n) is 4.57. The normalized spacial score (nSPS) is 16.2. The molecule has 7 heteroatoms. The monoisotopic (exact) mass is 384 g/mol. The summed E-state index contributed by atoms with van der Waals surface area (Å²) < 4.78 is 17.9. The summed E-state index contributed by atoms with van der Waals surface area (Å²) in [7, 11) is 0. The summed E-state index contributed by atoms with van der Waals surface area (Å²) in [6.45, 7) is 3.65. The smallest absolute Gasteiger partial charge is 0.311 e. The van der Waals surface area contributed by atoms with Gasteiger partial charge in [-0.15, -0.1) is 0 Å². The third-order valence-corrected chi connectivity index (χ3v) is 4.57. The number of halogens is 1. The van der Waals surface area contributed by atoms with Gasteiger partial charge in [-0.05, 0) is 49.7 Å². The molecule has 2 aromatic carbocycles. The maximum absolute atomic E-state index is 12.9. The Balaban J connectivity index is 1.54. The second-order valence-corrected chi connectivity index (χ2v) is 6.86. The molecule has 2 amide bonds. The molecule has 1 aliphatic heterocycles. The van der Waals surface area contributed by atoms with Gasteiger partial charge in [-0.3, -0.25) is 14.4 Å². The lowest BCUT2D eigenvalue weighted by molar-refractivity contribution is -0.151. The Labute approximate surface area is 162 Å². The Kier molecular flexibility index (Phi) is 5.73. The fraction of sp³-hybridized carbons (Fsp3) is 0.286. The van der Waals surface area contributed by atoms with E-state index in [0.29, 0.717) is 5.69 Å². The zero-order chi connectivity index (χ0) is 20.3. The lowest BCUT2D eigenvalue weighted by atomic mass is 10.1. The van der Waals surface area contributed by atoms with E-state index in [4.69, 9.17) is 4.74 Å². The van der Waals surface area contributed by atoms with Crippen molar-refractivity contribution in [3.8, 4) is 0 Å². The molecule has 0 aliphatic carbocycles. The molecular formula is C21H21FN2O4. The first-order valence-corrected chi connectivity index (χ1v) is 8.93. The van der Waals surface area contributed by atoms with Crippen LogP contribution in [-0.4, -0.2) is 30.9 Å². The van der Waals surface area contributed by atoms with E-state index in [1.807, 2.05) is 32.0 Å². The van der Waals surface area contributed by atoms with Gasteiger partial charge in [-0.2, -0.15) is 0 Å². The molecular weight excluding hydrogens is 363 g/mol. The quantitative estimate of drug-likeness (QED) is 0.804. The predicted octanol–water partition coefficient (Wildman–Crippen LogP) is 2.98. The van der Waals surface area contributed by atoms with Gasteiger partial charge in [0.25, 0.3) is 5.91 Å². The molecule has 1 saturated heterocycles.